The first-order chi connectivity index (χ1) is 14.6. The second-order valence-corrected chi connectivity index (χ2v) is 8.06. The van der Waals surface area contributed by atoms with Crippen LogP contribution in [0.4, 0.5) is 0 Å². The van der Waals surface area contributed by atoms with E-state index in [0.717, 1.165) is 5.56 Å². The summed E-state index contributed by atoms with van der Waals surface area (Å²) in [5.41, 5.74) is 1.53. The molecule has 0 aromatic heterocycles. The lowest BCUT2D eigenvalue weighted by Crippen LogP contribution is -2.36. The summed E-state index contributed by atoms with van der Waals surface area (Å²) in [6.07, 6.45) is 2.35. The molecule has 0 unspecified atom stereocenters. The van der Waals surface area contributed by atoms with Gasteiger partial charge in [-0.25, -0.2) is 0 Å². The number of carbonyl (C=O) groups excluding carboxylic acids is 2. The SMILES string of the molecule is COc1cccc([C@@H]2CN(C(=O)c3ccccc3)C[C@H]2C(=O)NCC2CC2)c1OC. The average molecular weight is 408 g/mol. The Morgan fingerprint density at radius 2 is 1.77 bits per heavy atom. The molecule has 2 fully saturated rings. The first-order valence-corrected chi connectivity index (χ1v) is 10.4. The van der Waals surface area contributed by atoms with E-state index in [0.29, 0.717) is 42.6 Å². The van der Waals surface area contributed by atoms with E-state index in [1.165, 1.54) is 12.8 Å². The van der Waals surface area contributed by atoms with Crippen LogP contribution >= 0.6 is 0 Å². The van der Waals surface area contributed by atoms with Crippen molar-refractivity contribution in [1.29, 1.82) is 0 Å². The normalized spacial score (nSPS) is 20.7. The minimum absolute atomic E-state index is 0.000125. The predicted molar refractivity (Wildman–Crippen MR) is 114 cm³/mol. The summed E-state index contributed by atoms with van der Waals surface area (Å²) >= 11 is 0. The molecule has 0 spiro atoms. The molecule has 2 aromatic carbocycles. The van der Waals surface area contributed by atoms with Gasteiger partial charge in [0.15, 0.2) is 11.5 Å². The number of likely N-dealkylation sites (tertiary alicyclic amines) is 1. The quantitative estimate of drug-likeness (QED) is 0.765. The lowest BCUT2D eigenvalue weighted by molar-refractivity contribution is -0.125. The van der Waals surface area contributed by atoms with Crippen LogP contribution in [-0.2, 0) is 4.79 Å². The molecule has 1 aliphatic heterocycles. The molecule has 2 aliphatic rings. The second-order valence-electron chi connectivity index (χ2n) is 8.06. The third-order valence-corrected chi connectivity index (χ3v) is 6.06. The lowest BCUT2D eigenvalue weighted by Gasteiger charge is -2.21. The number of ether oxygens (including phenoxy) is 2. The molecule has 1 N–H and O–H groups in total. The number of rotatable bonds is 7. The standard InChI is InChI=1S/C24H28N2O4/c1-29-21-10-6-9-18(22(21)30-2)19-14-26(24(28)17-7-4-3-5-8-17)15-20(19)23(27)25-13-16-11-12-16/h3-10,16,19-20H,11-15H2,1-2H3,(H,25,27)/t19-,20+/m0/s1. The van der Waals surface area contributed by atoms with E-state index in [2.05, 4.69) is 5.32 Å². The highest BCUT2D eigenvalue weighted by Crippen LogP contribution is 2.42. The van der Waals surface area contributed by atoms with Gasteiger partial charge in [-0.1, -0.05) is 30.3 Å². The second kappa shape index (κ2) is 8.78. The number of nitrogens with one attached hydrogen (secondary N) is 1. The minimum Gasteiger partial charge on any atom is -0.493 e. The molecule has 2 atom stereocenters. The lowest BCUT2D eigenvalue weighted by atomic mass is 9.87. The number of benzene rings is 2. The highest BCUT2D eigenvalue weighted by atomic mass is 16.5. The number of hydrogen-bond acceptors (Lipinski definition) is 4. The average Bonchev–Trinajstić information content (AvgIpc) is 3.52. The highest BCUT2D eigenvalue weighted by Gasteiger charge is 2.42. The molecule has 2 amide bonds. The van der Waals surface area contributed by atoms with Crippen LogP contribution in [0.3, 0.4) is 0 Å². The molecular formula is C24H28N2O4. The first kappa shape index (κ1) is 20.3. The molecule has 6 nitrogen and oxygen atoms in total. The van der Waals surface area contributed by atoms with E-state index in [-0.39, 0.29) is 23.7 Å². The van der Waals surface area contributed by atoms with Gasteiger partial charge < -0.3 is 19.7 Å². The van der Waals surface area contributed by atoms with Crippen LogP contribution in [0.15, 0.2) is 48.5 Å². The molecular weight excluding hydrogens is 380 g/mol. The number of nitrogens with zero attached hydrogens (tertiary/aromatic N) is 1. The molecule has 158 valence electrons. The smallest absolute Gasteiger partial charge is 0.253 e. The van der Waals surface area contributed by atoms with E-state index >= 15 is 0 Å². The van der Waals surface area contributed by atoms with E-state index in [1.807, 2.05) is 48.5 Å². The number of hydrogen-bond donors (Lipinski definition) is 1. The fraction of sp³-hybridized carbons (Fsp3) is 0.417. The summed E-state index contributed by atoms with van der Waals surface area (Å²) in [5.74, 6) is 1.29. The number of amides is 2. The number of methoxy groups -OCH3 is 2. The Labute approximate surface area is 177 Å². The molecule has 4 rings (SSSR count). The fourth-order valence-electron chi connectivity index (χ4n) is 4.22. The maximum atomic E-state index is 13.1. The van der Waals surface area contributed by atoms with E-state index < -0.39 is 0 Å². The van der Waals surface area contributed by atoms with Crippen molar-refractivity contribution in [2.75, 3.05) is 33.9 Å². The van der Waals surface area contributed by atoms with Crippen LogP contribution in [0.2, 0.25) is 0 Å². The van der Waals surface area contributed by atoms with E-state index in [1.54, 1.807) is 19.1 Å². The summed E-state index contributed by atoms with van der Waals surface area (Å²) < 4.78 is 11.1. The van der Waals surface area contributed by atoms with Crippen LogP contribution in [0, 0.1) is 11.8 Å². The van der Waals surface area contributed by atoms with Crippen molar-refractivity contribution >= 4 is 11.8 Å². The largest absolute Gasteiger partial charge is 0.493 e. The van der Waals surface area contributed by atoms with Gasteiger partial charge in [0.2, 0.25) is 5.91 Å². The molecule has 1 heterocycles. The number of carbonyl (C=O) groups is 2. The summed E-state index contributed by atoms with van der Waals surface area (Å²) in [7, 11) is 3.20. The zero-order valence-electron chi connectivity index (χ0n) is 17.5. The van der Waals surface area contributed by atoms with Crippen molar-refractivity contribution in [3.05, 3.63) is 59.7 Å². The van der Waals surface area contributed by atoms with Crippen LogP contribution in [-0.4, -0.2) is 50.6 Å². The van der Waals surface area contributed by atoms with Crippen molar-refractivity contribution in [2.24, 2.45) is 11.8 Å². The van der Waals surface area contributed by atoms with Crippen LogP contribution in [0.25, 0.3) is 0 Å². The molecule has 30 heavy (non-hydrogen) atoms. The molecule has 1 saturated carbocycles. The Hall–Kier alpha value is -3.02. The number of para-hydroxylation sites is 1. The van der Waals surface area contributed by atoms with Crippen molar-refractivity contribution in [3.8, 4) is 11.5 Å². The van der Waals surface area contributed by atoms with Gasteiger partial charge in [0, 0.05) is 36.7 Å². The highest BCUT2D eigenvalue weighted by molar-refractivity contribution is 5.95. The third-order valence-electron chi connectivity index (χ3n) is 6.06. The maximum absolute atomic E-state index is 13.1. The van der Waals surface area contributed by atoms with Crippen molar-refractivity contribution < 1.29 is 19.1 Å². The Bertz CT molecular complexity index is 911. The molecule has 6 heteroatoms. The van der Waals surface area contributed by atoms with Gasteiger partial charge in [-0.05, 0) is 37.0 Å². The zero-order chi connectivity index (χ0) is 21.1. The molecule has 0 bridgehead atoms. The monoisotopic (exact) mass is 408 g/mol. The molecule has 0 radical (unpaired) electrons. The Kier molecular flexibility index (Phi) is 5.93. The van der Waals surface area contributed by atoms with Crippen molar-refractivity contribution in [3.63, 3.8) is 0 Å². The summed E-state index contributed by atoms with van der Waals surface area (Å²) in [6, 6.07) is 14.9. The van der Waals surface area contributed by atoms with Gasteiger partial charge in [-0.2, -0.15) is 0 Å². The minimum atomic E-state index is -0.336. The van der Waals surface area contributed by atoms with Gasteiger partial charge in [-0.15, -0.1) is 0 Å². The first-order valence-electron chi connectivity index (χ1n) is 10.4. The van der Waals surface area contributed by atoms with E-state index in [4.69, 9.17) is 9.47 Å². The summed E-state index contributed by atoms with van der Waals surface area (Å²) in [6.45, 7) is 1.55. The molecule has 2 aromatic rings. The van der Waals surface area contributed by atoms with Gasteiger partial charge in [0.25, 0.3) is 5.91 Å². The van der Waals surface area contributed by atoms with Crippen molar-refractivity contribution in [1.82, 2.24) is 10.2 Å². The Morgan fingerprint density at radius 3 is 2.43 bits per heavy atom. The van der Waals surface area contributed by atoms with Crippen LogP contribution in [0.1, 0.15) is 34.7 Å². The molecule has 1 aliphatic carbocycles. The fourth-order valence-corrected chi connectivity index (χ4v) is 4.22. The Morgan fingerprint density at radius 1 is 1.00 bits per heavy atom. The summed E-state index contributed by atoms with van der Waals surface area (Å²) in [5, 5.41) is 3.10. The topological polar surface area (TPSA) is 67.9 Å². The molecule has 1 saturated heterocycles. The van der Waals surface area contributed by atoms with Gasteiger partial charge in [0.1, 0.15) is 0 Å². The van der Waals surface area contributed by atoms with Crippen LogP contribution < -0.4 is 14.8 Å². The Balaban J connectivity index is 1.63. The summed E-state index contributed by atoms with van der Waals surface area (Å²) in [4.78, 5) is 28.0. The van der Waals surface area contributed by atoms with E-state index in [9.17, 15) is 9.59 Å². The van der Waals surface area contributed by atoms with Crippen LogP contribution in [0.5, 0.6) is 11.5 Å². The van der Waals surface area contributed by atoms with Gasteiger partial charge in [-0.3, -0.25) is 9.59 Å². The maximum Gasteiger partial charge on any atom is 0.253 e. The van der Waals surface area contributed by atoms with Crippen molar-refractivity contribution in [2.45, 2.75) is 18.8 Å². The predicted octanol–water partition coefficient (Wildman–Crippen LogP) is 3.09. The zero-order valence-corrected chi connectivity index (χ0v) is 17.5. The van der Waals surface area contributed by atoms with Gasteiger partial charge in [0.05, 0.1) is 20.1 Å². The third kappa shape index (κ3) is 4.13. The van der Waals surface area contributed by atoms with Gasteiger partial charge >= 0.3 is 0 Å².